The first kappa shape index (κ1) is 23.9. The molecule has 0 bridgehead atoms. The van der Waals surface area contributed by atoms with E-state index in [1.807, 2.05) is 37.3 Å². The molecule has 4 rings (SSSR count). The van der Waals surface area contributed by atoms with E-state index in [2.05, 4.69) is 5.32 Å². The van der Waals surface area contributed by atoms with Crippen molar-refractivity contribution in [3.63, 3.8) is 0 Å². The van der Waals surface area contributed by atoms with Crippen molar-refractivity contribution in [1.82, 2.24) is 5.32 Å². The van der Waals surface area contributed by atoms with Crippen LogP contribution in [0.4, 0.5) is 14.5 Å². The van der Waals surface area contributed by atoms with Crippen molar-refractivity contribution in [1.29, 1.82) is 0 Å². The molecule has 35 heavy (non-hydrogen) atoms. The Balaban J connectivity index is 1.46. The molecule has 0 saturated heterocycles. The van der Waals surface area contributed by atoms with Crippen LogP contribution in [0, 0.1) is 11.6 Å². The molecule has 180 valence electrons. The van der Waals surface area contributed by atoms with Crippen LogP contribution < -0.4 is 19.7 Å². The first-order valence-corrected chi connectivity index (χ1v) is 10.8. The van der Waals surface area contributed by atoms with Gasteiger partial charge in [0.1, 0.15) is 18.1 Å². The number of hydrogen-bond donors (Lipinski definition) is 1. The van der Waals surface area contributed by atoms with E-state index in [4.69, 9.17) is 9.47 Å². The van der Waals surface area contributed by atoms with Gasteiger partial charge in [-0.05, 0) is 42.8 Å². The molecular weight excluding hydrogens is 458 g/mol. The zero-order valence-corrected chi connectivity index (χ0v) is 18.8. The number of Topliss-reactive ketones (excluding diaryl/α,β-unsaturated/α-hetero) is 1. The van der Waals surface area contributed by atoms with E-state index in [9.17, 15) is 23.2 Å². The van der Waals surface area contributed by atoms with Crippen LogP contribution in [-0.2, 0) is 9.59 Å². The molecule has 1 aliphatic rings. The van der Waals surface area contributed by atoms with Gasteiger partial charge in [0.05, 0.1) is 11.7 Å². The molecule has 1 aliphatic heterocycles. The zero-order valence-electron chi connectivity index (χ0n) is 18.8. The Morgan fingerprint density at radius 1 is 1.09 bits per heavy atom. The predicted octanol–water partition coefficient (Wildman–Crippen LogP) is 3.83. The van der Waals surface area contributed by atoms with Crippen molar-refractivity contribution < 1.29 is 32.6 Å². The molecule has 0 radical (unpaired) electrons. The average molecular weight is 480 g/mol. The molecule has 1 atom stereocenters. The second-order valence-corrected chi connectivity index (χ2v) is 7.94. The number of halogens is 2. The summed E-state index contributed by atoms with van der Waals surface area (Å²) < 4.78 is 37.4. The summed E-state index contributed by atoms with van der Waals surface area (Å²) in [4.78, 5) is 39.1. The fraction of sp³-hybridized carbons (Fsp3) is 0.192. The summed E-state index contributed by atoms with van der Waals surface area (Å²) in [5.41, 5.74) is 1.36. The third-order valence-electron chi connectivity index (χ3n) is 5.46. The minimum Gasteiger partial charge on any atom is -0.482 e. The fourth-order valence-corrected chi connectivity index (χ4v) is 3.62. The predicted molar refractivity (Wildman–Crippen MR) is 123 cm³/mol. The Bertz CT molecular complexity index is 1270. The van der Waals surface area contributed by atoms with Gasteiger partial charge < -0.3 is 14.8 Å². The lowest BCUT2D eigenvalue weighted by Crippen LogP contribution is -2.45. The smallest absolute Gasteiger partial charge is 0.265 e. The van der Waals surface area contributed by atoms with Crippen molar-refractivity contribution in [3.8, 4) is 11.5 Å². The molecular formula is C26H22F2N2O5. The van der Waals surface area contributed by atoms with Crippen LogP contribution in [0.3, 0.4) is 0 Å². The highest BCUT2D eigenvalue weighted by molar-refractivity contribution is 6.04. The third kappa shape index (κ3) is 5.63. The molecule has 0 fully saturated rings. The summed E-state index contributed by atoms with van der Waals surface area (Å²) in [6, 6.07) is 16.3. The van der Waals surface area contributed by atoms with Crippen LogP contribution in [-0.4, -0.2) is 37.4 Å². The summed E-state index contributed by atoms with van der Waals surface area (Å²) in [5.74, 6) is -2.93. The summed E-state index contributed by atoms with van der Waals surface area (Å²) in [6.07, 6.45) is 0. The Labute approximate surface area is 200 Å². The zero-order chi connectivity index (χ0) is 24.9. The Morgan fingerprint density at radius 2 is 1.86 bits per heavy atom. The second-order valence-electron chi connectivity index (χ2n) is 7.94. The number of ether oxygens (including phenoxy) is 2. The molecule has 2 amide bonds. The van der Waals surface area contributed by atoms with Crippen molar-refractivity contribution in [2.45, 2.75) is 13.0 Å². The molecule has 1 unspecified atom stereocenters. The molecule has 0 aromatic heterocycles. The number of anilines is 1. The van der Waals surface area contributed by atoms with Crippen LogP contribution in [0.15, 0.2) is 66.7 Å². The van der Waals surface area contributed by atoms with Gasteiger partial charge in [-0.2, -0.15) is 0 Å². The number of nitrogens with zero attached hydrogens (tertiary/aromatic N) is 1. The number of carbonyl (C=O) groups excluding carboxylic acids is 3. The topological polar surface area (TPSA) is 84.9 Å². The molecule has 3 aromatic carbocycles. The van der Waals surface area contributed by atoms with Gasteiger partial charge in [0.2, 0.25) is 5.91 Å². The molecule has 7 nitrogen and oxygen atoms in total. The largest absolute Gasteiger partial charge is 0.482 e. The Kier molecular flexibility index (Phi) is 7.05. The molecule has 1 heterocycles. The van der Waals surface area contributed by atoms with Crippen molar-refractivity contribution in [2.24, 2.45) is 0 Å². The van der Waals surface area contributed by atoms with Crippen molar-refractivity contribution >= 4 is 23.3 Å². The molecule has 3 aromatic rings. The third-order valence-corrected chi connectivity index (χ3v) is 5.46. The normalized spacial score (nSPS) is 13.5. The monoisotopic (exact) mass is 480 g/mol. The highest BCUT2D eigenvalue weighted by Gasteiger charge is 2.29. The van der Waals surface area contributed by atoms with Crippen molar-refractivity contribution in [2.75, 3.05) is 24.7 Å². The van der Waals surface area contributed by atoms with Crippen LogP contribution in [0.1, 0.15) is 28.9 Å². The lowest BCUT2D eigenvalue weighted by atomic mass is 10.1. The van der Waals surface area contributed by atoms with Gasteiger partial charge in [-0.25, -0.2) is 8.78 Å². The number of carbonyl (C=O) groups is 3. The maximum Gasteiger partial charge on any atom is 0.265 e. The maximum atomic E-state index is 13.8. The lowest BCUT2D eigenvalue weighted by molar-refractivity contribution is -0.125. The lowest BCUT2D eigenvalue weighted by Gasteiger charge is -2.29. The van der Waals surface area contributed by atoms with Gasteiger partial charge in [-0.15, -0.1) is 0 Å². The minimum atomic E-state index is -0.927. The average Bonchev–Trinajstić information content (AvgIpc) is 2.85. The van der Waals surface area contributed by atoms with Gasteiger partial charge in [-0.1, -0.05) is 30.3 Å². The minimum absolute atomic E-state index is 0.174. The van der Waals surface area contributed by atoms with E-state index < -0.39 is 29.9 Å². The number of rotatable bonds is 8. The number of hydrogen-bond acceptors (Lipinski definition) is 5. The van der Waals surface area contributed by atoms with Gasteiger partial charge >= 0.3 is 0 Å². The summed E-state index contributed by atoms with van der Waals surface area (Å²) >= 11 is 0. The Morgan fingerprint density at radius 3 is 2.60 bits per heavy atom. The Hall–Kier alpha value is -4.27. The van der Waals surface area contributed by atoms with E-state index >= 15 is 0 Å². The number of amides is 2. The van der Waals surface area contributed by atoms with Gasteiger partial charge in [0, 0.05) is 11.6 Å². The van der Waals surface area contributed by atoms with Crippen LogP contribution in [0.25, 0.3) is 0 Å². The number of benzene rings is 3. The second kappa shape index (κ2) is 10.3. The number of nitrogens with one attached hydrogen (secondary N) is 1. The van der Waals surface area contributed by atoms with Crippen LogP contribution >= 0.6 is 0 Å². The highest BCUT2D eigenvalue weighted by atomic mass is 19.1. The fourth-order valence-electron chi connectivity index (χ4n) is 3.62. The first-order valence-electron chi connectivity index (χ1n) is 10.8. The van der Waals surface area contributed by atoms with E-state index in [1.54, 1.807) is 0 Å². The quantitative estimate of drug-likeness (QED) is 0.496. The van der Waals surface area contributed by atoms with Crippen LogP contribution in [0.2, 0.25) is 0 Å². The van der Waals surface area contributed by atoms with Gasteiger partial charge in [0.25, 0.3) is 5.91 Å². The standard InChI is InChI=1S/C26H22F2N2O5/c1-16(17-5-3-2-4-6-17)29-25(32)13-30-21-11-18(7-9-24(21)35-15-26(30)33)22(31)14-34-23-10-8-19(27)12-20(23)28/h2-12,16H,13-15H2,1H3,(H,29,32). The van der Waals surface area contributed by atoms with E-state index in [1.165, 1.54) is 23.1 Å². The van der Waals surface area contributed by atoms with Crippen LogP contribution in [0.5, 0.6) is 11.5 Å². The summed E-state index contributed by atoms with van der Waals surface area (Å²) in [5, 5.41) is 2.86. The maximum absolute atomic E-state index is 13.8. The van der Waals surface area contributed by atoms with E-state index in [0.717, 1.165) is 17.7 Å². The number of fused-ring (bicyclic) bond motifs is 1. The first-order chi connectivity index (χ1) is 16.8. The van der Waals surface area contributed by atoms with Gasteiger partial charge in [-0.3, -0.25) is 19.3 Å². The molecule has 1 N–H and O–H groups in total. The molecule has 0 spiro atoms. The summed E-state index contributed by atoms with van der Waals surface area (Å²) in [7, 11) is 0. The highest BCUT2D eigenvalue weighted by Crippen LogP contribution is 2.33. The van der Waals surface area contributed by atoms with Crippen molar-refractivity contribution in [3.05, 3.63) is 89.5 Å². The SMILES string of the molecule is CC(NC(=O)CN1C(=O)COc2ccc(C(=O)COc3ccc(F)cc3F)cc21)c1ccccc1. The molecule has 9 heteroatoms. The van der Waals surface area contributed by atoms with E-state index in [0.29, 0.717) is 11.8 Å². The summed E-state index contributed by atoms with van der Waals surface area (Å²) in [6.45, 7) is 0.824. The number of ketones is 1. The molecule has 0 aliphatic carbocycles. The molecule has 0 saturated carbocycles. The van der Waals surface area contributed by atoms with Gasteiger partial charge in [0.15, 0.2) is 30.6 Å². The van der Waals surface area contributed by atoms with E-state index in [-0.39, 0.29) is 42.1 Å².